The summed E-state index contributed by atoms with van der Waals surface area (Å²) < 4.78 is 28.6. The Labute approximate surface area is 306 Å². The Hall–Kier alpha value is -4.62. The number of methoxy groups -OCH3 is 3. The third-order valence-corrected chi connectivity index (χ3v) is 9.92. The van der Waals surface area contributed by atoms with E-state index in [-0.39, 0.29) is 24.5 Å². The minimum absolute atomic E-state index is 0. The van der Waals surface area contributed by atoms with E-state index < -0.39 is 18.2 Å². The predicted octanol–water partition coefficient (Wildman–Crippen LogP) is 6.43. The first-order chi connectivity index (χ1) is 24.3. The van der Waals surface area contributed by atoms with E-state index in [4.69, 9.17) is 46.9 Å². The molecule has 2 aromatic heterocycles. The number of nitrogens with zero attached hydrogens (tertiary/aromatic N) is 3. The molecule has 0 aliphatic carbocycles. The van der Waals surface area contributed by atoms with Gasteiger partial charge < -0.3 is 29.2 Å². The molecule has 5 heterocycles. The second-order valence-corrected chi connectivity index (χ2v) is 13.0. The van der Waals surface area contributed by atoms with Gasteiger partial charge in [0.05, 0.1) is 33.4 Å². The van der Waals surface area contributed by atoms with Crippen LogP contribution in [0.15, 0.2) is 73.2 Å². The number of H-pyrrole nitrogens is 1. The number of carbonyl (C=O) groups excluding carboxylic acids is 2. The van der Waals surface area contributed by atoms with E-state index in [2.05, 4.69) is 14.9 Å². The molecule has 3 aliphatic rings. The molecule has 2 aromatic carbocycles. The van der Waals surface area contributed by atoms with Crippen LogP contribution >= 0.6 is 23.2 Å². The summed E-state index contributed by atoms with van der Waals surface area (Å²) in [4.78, 5) is 38.5. The molecule has 0 radical (unpaired) electrons. The molecule has 7 rings (SSSR count). The molecule has 3 saturated heterocycles. The monoisotopic (exact) mass is 738 g/mol. The number of ether oxygens (including phenoxy) is 5. The lowest BCUT2D eigenvalue weighted by molar-refractivity contribution is -0.377. The number of nitrogens with one attached hydrogen (secondary N) is 1. The molecule has 2 N–H and O–H groups in total. The molecule has 2 atom stereocenters. The molecular formula is C37H40Cl2N4O8. The quantitative estimate of drug-likeness (QED) is 0.149. The van der Waals surface area contributed by atoms with Crippen molar-refractivity contribution in [3.05, 3.63) is 105 Å². The SMILES string of the molecule is COc1ccc([C@H](Cc2c(Cl)c[nH+]cc2Cl)OC(=O)c2ccc(CN(C(=O)O[C@H]3CN4CCC3CC4)c3cccnc3OC)cc2)cc1OC.[OH-]. The average molecular weight is 740 g/mol. The van der Waals surface area contributed by atoms with Gasteiger partial charge in [-0.05, 0) is 79.4 Å². The molecule has 51 heavy (non-hydrogen) atoms. The second kappa shape index (κ2) is 17.1. The van der Waals surface area contributed by atoms with Crippen LogP contribution in [0, 0.1) is 5.92 Å². The first-order valence-corrected chi connectivity index (χ1v) is 17.1. The summed E-state index contributed by atoms with van der Waals surface area (Å²) in [7, 11) is 4.59. The van der Waals surface area contributed by atoms with Gasteiger partial charge in [-0.3, -0.25) is 9.80 Å². The molecule has 3 fully saturated rings. The first-order valence-electron chi connectivity index (χ1n) is 16.3. The summed E-state index contributed by atoms with van der Waals surface area (Å²) in [5, 5.41) is 0.815. The largest absolute Gasteiger partial charge is 0.870 e. The number of hydrogen-bond acceptors (Lipinski definition) is 10. The van der Waals surface area contributed by atoms with E-state index in [1.165, 1.54) is 19.1 Å². The molecule has 14 heteroatoms. The van der Waals surface area contributed by atoms with Crippen LogP contribution in [0.5, 0.6) is 17.4 Å². The van der Waals surface area contributed by atoms with Gasteiger partial charge in [-0.1, -0.05) is 41.4 Å². The number of fused-ring (bicyclic) bond motifs is 3. The number of anilines is 1. The highest BCUT2D eigenvalue weighted by atomic mass is 35.5. The fourth-order valence-corrected chi connectivity index (χ4v) is 7.03. The molecule has 2 bridgehead atoms. The zero-order valence-electron chi connectivity index (χ0n) is 28.5. The minimum Gasteiger partial charge on any atom is -0.870 e. The van der Waals surface area contributed by atoms with Gasteiger partial charge >= 0.3 is 12.1 Å². The zero-order chi connectivity index (χ0) is 35.2. The lowest BCUT2D eigenvalue weighted by atomic mass is 9.86. The number of pyridine rings is 2. The topological polar surface area (TPSA) is 144 Å². The number of esters is 1. The summed E-state index contributed by atoms with van der Waals surface area (Å²) in [6.45, 7) is 2.97. The van der Waals surface area contributed by atoms with Crippen molar-refractivity contribution in [1.29, 1.82) is 0 Å². The van der Waals surface area contributed by atoms with Gasteiger partial charge in [0.1, 0.15) is 27.9 Å². The Morgan fingerprint density at radius 3 is 2.29 bits per heavy atom. The normalized spacial score (nSPS) is 18.2. The zero-order valence-corrected chi connectivity index (χ0v) is 30.0. The average Bonchev–Trinajstić information content (AvgIpc) is 3.15. The molecule has 3 aliphatic heterocycles. The number of rotatable bonds is 12. The van der Waals surface area contributed by atoms with E-state index >= 15 is 0 Å². The molecule has 4 aromatic rings. The smallest absolute Gasteiger partial charge is 0.415 e. The Morgan fingerprint density at radius 2 is 1.67 bits per heavy atom. The van der Waals surface area contributed by atoms with Gasteiger partial charge in [0.15, 0.2) is 23.9 Å². The number of halogens is 2. The minimum atomic E-state index is -0.769. The lowest BCUT2D eigenvalue weighted by Gasteiger charge is -2.44. The van der Waals surface area contributed by atoms with E-state index in [1.807, 2.05) is 0 Å². The maximum Gasteiger partial charge on any atom is 0.415 e. The van der Waals surface area contributed by atoms with E-state index in [0.717, 1.165) is 38.0 Å². The van der Waals surface area contributed by atoms with Crippen LogP contribution in [0.25, 0.3) is 0 Å². The van der Waals surface area contributed by atoms with Crippen LogP contribution in [0.4, 0.5) is 10.5 Å². The van der Waals surface area contributed by atoms with Crippen LogP contribution in [-0.2, 0) is 22.4 Å². The first kappa shape index (κ1) is 37.6. The fourth-order valence-electron chi connectivity index (χ4n) is 6.49. The van der Waals surface area contributed by atoms with Crippen LogP contribution in [0.1, 0.15) is 46.0 Å². The third-order valence-electron chi connectivity index (χ3n) is 9.25. The van der Waals surface area contributed by atoms with Gasteiger partial charge in [0.2, 0.25) is 5.88 Å². The molecule has 0 saturated carbocycles. The second-order valence-electron chi connectivity index (χ2n) is 12.2. The fraction of sp³-hybridized carbons (Fsp3) is 0.351. The predicted molar refractivity (Wildman–Crippen MR) is 189 cm³/mol. The number of amides is 1. The Bertz CT molecular complexity index is 1800. The number of benzene rings is 2. The summed E-state index contributed by atoms with van der Waals surface area (Å²) >= 11 is 13.0. The van der Waals surface area contributed by atoms with Crippen molar-refractivity contribution in [2.75, 3.05) is 45.9 Å². The van der Waals surface area contributed by atoms with E-state index in [0.29, 0.717) is 55.7 Å². The van der Waals surface area contributed by atoms with Crippen LogP contribution in [0.3, 0.4) is 0 Å². The van der Waals surface area contributed by atoms with Crippen molar-refractivity contribution in [3.63, 3.8) is 0 Å². The maximum atomic E-state index is 13.8. The van der Waals surface area contributed by atoms with Gasteiger partial charge in [-0.15, -0.1) is 0 Å². The van der Waals surface area contributed by atoms with Crippen LogP contribution in [0.2, 0.25) is 10.0 Å². The highest BCUT2D eigenvalue weighted by Gasteiger charge is 2.38. The van der Waals surface area contributed by atoms with Gasteiger partial charge in [0.25, 0.3) is 0 Å². The summed E-state index contributed by atoms with van der Waals surface area (Å²) in [6, 6.07) is 15.7. The number of aromatic nitrogens is 2. The highest BCUT2D eigenvalue weighted by Crippen LogP contribution is 2.36. The van der Waals surface area contributed by atoms with Crippen molar-refractivity contribution in [3.8, 4) is 17.4 Å². The number of carbonyl (C=O) groups is 2. The lowest BCUT2D eigenvalue weighted by Crippen LogP contribution is -2.53. The number of hydrogen-bond donors (Lipinski definition) is 0. The van der Waals surface area contributed by atoms with E-state index in [1.54, 1.807) is 80.3 Å². The van der Waals surface area contributed by atoms with Crippen LogP contribution < -0.4 is 24.1 Å². The summed E-state index contributed by atoms with van der Waals surface area (Å²) in [5.74, 6) is 1.11. The Morgan fingerprint density at radius 1 is 0.961 bits per heavy atom. The van der Waals surface area contributed by atoms with Gasteiger partial charge in [-0.25, -0.2) is 19.6 Å². The molecule has 1 amide bonds. The van der Waals surface area contributed by atoms with Crippen molar-refractivity contribution >= 4 is 41.0 Å². The molecular weight excluding hydrogens is 699 g/mol. The maximum absolute atomic E-state index is 13.8. The summed E-state index contributed by atoms with van der Waals surface area (Å²) in [6.07, 6.45) is 5.65. The van der Waals surface area contributed by atoms with Crippen molar-refractivity contribution in [2.45, 2.75) is 38.0 Å². The van der Waals surface area contributed by atoms with E-state index in [9.17, 15) is 9.59 Å². The number of piperidine rings is 3. The van der Waals surface area contributed by atoms with Crippen molar-refractivity contribution < 1.29 is 43.7 Å². The molecule has 0 unspecified atom stereocenters. The molecule has 12 nitrogen and oxygen atoms in total. The molecule has 270 valence electrons. The standard InChI is InChI=1S/C37H38Cl2N4O7.H2O/c1-46-31-11-10-26(17-33(31)47-2)32(18-27-28(38)19-40-20-29(27)39)49-36(44)25-8-6-23(7-9-25)21-43(30-5-4-14-41-35(30)48-3)37(45)50-34-22-42-15-12-24(34)13-16-42;/h4-11,14,17,19-20,24,32,34H,12-13,15-16,18,21-22H2,1-3H3;1H2/t32-,34-;/m0./s1. The summed E-state index contributed by atoms with van der Waals surface area (Å²) in [5.41, 5.74) is 2.84. The van der Waals surface area contributed by atoms with Crippen molar-refractivity contribution in [2.24, 2.45) is 5.92 Å². The highest BCUT2D eigenvalue weighted by molar-refractivity contribution is 6.35. The van der Waals surface area contributed by atoms with Crippen LogP contribution in [-0.4, -0.2) is 74.5 Å². The van der Waals surface area contributed by atoms with Crippen molar-refractivity contribution in [1.82, 2.24) is 9.88 Å². The Balaban J connectivity index is 0.00000504. The molecule has 0 spiro atoms. The number of aromatic amines is 1. The Kier molecular flexibility index (Phi) is 12.6. The third kappa shape index (κ3) is 8.65. The van der Waals surface area contributed by atoms with Gasteiger partial charge in [0, 0.05) is 24.7 Å². The van der Waals surface area contributed by atoms with Gasteiger partial charge in [-0.2, -0.15) is 0 Å².